The number of nitrogens with zero attached hydrogens (tertiary/aromatic N) is 1. The zero-order chi connectivity index (χ0) is 18.9. The van der Waals surface area contributed by atoms with Crippen LogP contribution in [0, 0.1) is 5.92 Å². The van der Waals surface area contributed by atoms with Gasteiger partial charge in [-0.05, 0) is 51.7 Å². The van der Waals surface area contributed by atoms with Gasteiger partial charge in [0.2, 0.25) is 5.91 Å². The zero-order valence-corrected chi connectivity index (χ0v) is 15.3. The lowest BCUT2D eigenvalue weighted by Crippen LogP contribution is -2.60. The van der Waals surface area contributed by atoms with Crippen molar-refractivity contribution >= 4 is 29.2 Å². The third-order valence-electron chi connectivity index (χ3n) is 4.93. The van der Waals surface area contributed by atoms with Crippen LogP contribution in [-0.2, 0) is 19.1 Å². The van der Waals surface area contributed by atoms with Crippen LogP contribution in [0.4, 0.5) is 11.4 Å². The number of anilines is 2. The number of carbonyl (C=O) groups is 3. The Morgan fingerprint density at radius 3 is 2.77 bits per heavy atom. The Kier molecular flexibility index (Phi) is 4.85. The molecule has 1 aromatic carbocycles. The molecule has 1 aliphatic carbocycles. The van der Waals surface area contributed by atoms with Crippen molar-refractivity contribution in [3.8, 4) is 0 Å². The van der Waals surface area contributed by atoms with E-state index in [4.69, 9.17) is 4.74 Å². The Balaban J connectivity index is 1.77. The van der Waals surface area contributed by atoms with Crippen molar-refractivity contribution < 1.29 is 19.1 Å². The molecule has 0 unspecified atom stereocenters. The van der Waals surface area contributed by atoms with Crippen LogP contribution in [0.3, 0.4) is 0 Å². The number of ether oxygens (including phenoxy) is 1. The minimum absolute atomic E-state index is 0.183. The number of rotatable bonds is 4. The summed E-state index contributed by atoms with van der Waals surface area (Å²) in [6.45, 7) is 4.90. The van der Waals surface area contributed by atoms with E-state index in [2.05, 4.69) is 11.4 Å². The highest BCUT2D eigenvalue weighted by atomic mass is 16.5. The Morgan fingerprint density at radius 2 is 2.08 bits per heavy atom. The Bertz CT molecular complexity index is 769. The minimum atomic E-state index is -1.08. The molecule has 1 aliphatic heterocycles. The number of carbonyl (C=O) groups excluding carboxylic acids is 3. The first-order valence-electron chi connectivity index (χ1n) is 8.91. The molecule has 2 amide bonds. The molecular formula is C20H24N2O4. The van der Waals surface area contributed by atoms with Crippen molar-refractivity contribution in [3.05, 3.63) is 36.4 Å². The van der Waals surface area contributed by atoms with E-state index in [-0.39, 0.29) is 18.2 Å². The largest absolute Gasteiger partial charge is 0.453 e. The van der Waals surface area contributed by atoms with E-state index in [1.54, 1.807) is 45.0 Å². The van der Waals surface area contributed by atoms with Gasteiger partial charge in [-0.15, -0.1) is 0 Å². The average molecular weight is 356 g/mol. The summed E-state index contributed by atoms with van der Waals surface area (Å²) < 4.78 is 5.38. The normalized spacial score (nSPS) is 21.7. The molecule has 0 radical (unpaired) electrons. The molecule has 0 aromatic heterocycles. The van der Waals surface area contributed by atoms with E-state index in [1.165, 1.54) is 4.90 Å². The SMILES string of the molecule is C[C@H](OC(=O)C[C@H]1C=CCC1)C(=O)N1c2ccccc2NC(=O)C1(C)C. The first-order chi connectivity index (χ1) is 12.3. The lowest BCUT2D eigenvalue weighted by molar-refractivity contribution is -0.155. The first-order valence-corrected chi connectivity index (χ1v) is 8.91. The van der Waals surface area contributed by atoms with Gasteiger partial charge in [0.15, 0.2) is 6.10 Å². The topological polar surface area (TPSA) is 75.7 Å². The van der Waals surface area contributed by atoms with Gasteiger partial charge in [-0.25, -0.2) is 0 Å². The second-order valence-corrected chi connectivity index (χ2v) is 7.31. The maximum Gasteiger partial charge on any atom is 0.307 e. The third-order valence-corrected chi connectivity index (χ3v) is 4.93. The van der Waals surface area contributed by atoms with Crippen molar-refractivity contribution in [2.75, 3.05) is 10.2 Å². The van der Waals surface area contributed by atoms with Crippen LogP contribution < -0.4 is 10.2 Å². The van der Waals surface area contributed by atoms with Crippen molar-refractivity contribution in [1.82, 2.24) is 0 Å². The van der Waals surface area contributed by atoms with Crippen LogP contribution in [0.15, 0.2) is 36.4 Å². The summed E-state index contributed by atoms with van der Waals surface area (Å²) in [5.74, 6) is -0.899. The molecule has 0 saturated heterocycles. The van der Waals surface area contributed by atoms with E-state index < -0.39 is 23.5 Å². The molecule has 0 fully saturated rings. The summed E-state index contributed by atoms with van der Waals surface area (Å²) in [6.07, 6.45) is 5.28. The Morgan fingerprint density at radius 1 is 1.35 bits per heavy atom. The lowest BCUT2D eigenvalue weighted by Gasteiger charge is -2.42. The maximum atomic E-state index is 13.0. The molecule has 138 valence electrons. The molecule has 3 rings (SSSR count). The molecule has 2 atom stereocenters. The van der Waals surface area contributed by atoms with Crippen molar-refractivity contribution in [2.24, 2.45) is 5.92 Å². The molecular weight excluding hydrogens is 332 g/mol. The summed E-state index contributed by atoms with van der Waals surface area (Å²) in [7, 11) is 0. The molecule has 6 heteroatoms. The van der Waals surface area contributed by atoms with Gasteiger partial charge in [-0.1, -0.05) is 24.3 Å². The number of esters is 1. The summed E-state index contributed by atoms with van der Waals surface area (Å²) in [4.78, 5) is 39.1. The first kappa shape index (κ1) is 18.2. The molecule has 1 heterocycles. The Hall–Kier alpha value is -2.63. The highest BCUT2D eigenvalue weighted by Crippen LogP contribution is 2.37. The molecule has 6 nitrogen and oxygen atoms in total. The molecule has 26 heavy (non-hydrogen) atoms. The summed E-state index contributed by atoms with van der Waals surface area (Å²) in [6, 6.07) is 7.10. The fourth-order valence-corrected chi connectivity index (χ4v) is 3.40. The summed E-state index contributed by atoms with van der Waals surface area (Å²) in [5, 5.41) is 2.81. The number of hydrogen-bond donors (Lipinski definition) is 1. The second kappa shape index (κ2) is 6.94. The summed E-state index contributed by atoms with van der Waals surface area (Å²) >= 11 is 0. The van der Waals surface area contributed by atoms with Gasteiger partial charge >= 0.3 is 5.97 Å². The van der Waals surface area contributed by atoms with Crippen LogP contribution >= 0.6 is 0 Å². The highest BCUT2D eigenvalue weighted by molar-refractivity contribution is 6.15. The van der Waals surface area contributed by atoms with Gasteiger partial charge in [0.05, 0.1) is 17.8 Å². The monoisotopic (exact) mass is 356 g/mol. The zero-order valence-electron chi connectivity index (χ0n) is 15.3. The van der Waals surface area contributed by atoms with E-state index in [9.17, 15) is 14.4 Å². The quantitative estimate of drug-likeness (QED) is 0.665. The molecule has 0 spiro atoms. The van der Waals surface area contributed by atoms with Gasteiger partial charge < -0.3 is 10.1 Å². The number of nitrogens with one attached hydrogen (secondary N) is 1. The number of allylic oxidation sites excluding steroid dienone is 2. The molecule has 1 aromatic rings. The number of amides is 2. The lowest BCUT2D eigenvalue weighted by atomic mass is 9.95. The van der Waals surface area contributed by atoms with E-state index in [0.717, 1.165) is 12.8 Å². The minimum Gasteiger partial charge on any atom is -0.453 e. The fourth-order valence-electron chi connectivity index (χ4n) is 3.40. The van der Waals surface area contributed by atoms with E-state index in [1.807, 2.05) is 6.08 Å². The van der Waals surface area contributed by atoms with Gasteiger partial charge in [0.25, 0.3) is 5.91 Å². The van der Waals surface area contributed by atoms with Crippen molar-refractivity contribution in [2.45, 2.75) is 51.7 Å². The van der Waals surface area contributed by atoms with Crippen LogP contribution in [0.2, 0.25) is 0 Å². The van der Waals surface area contributed by atoms with Gasteiger partial charge in [-0.3, -0.25) is 19.3 Å². The second-order valence-electron chi connectivity index (χ2n) is 7.31. The molecule has 0 bridgehead atoms. The molecule has 1 N–H and O–H groups in total. The smallest absolute Gasteiger partial charge is 0.307 e. The number of fused-ring (bicyclic) bond motifs is 1. The molecule has 0 saturated carbocycles. The number of hydrogen-bond acceptors (Lipinski definition) is 4. The van der Waals surface area contributed by atoms with Crippen LogP contribution in [0.1, 0.15) is 40.0 Å². The number of benzene rings is 1. The highest BCUT2D eigenvalue weighted by Gasteiger charge is 2.45. The average Bonchev–Trinajstić information content (AvgIpc) is 3.08. The maximum absolute atomic E-state index is 13.0. The summed E-state index contributed by atoms with van der Waals surface area (Å²) in [5.41, 5.74) is 0.0869. The molecule has 2 aliphatic rings. The van der Waals surface area contributed by atoms with E-state index >= 15 is 0 Å². The van der Waals surface area contributed by atoms with Gasteiger partial charge in [0.1, 0.15) is 5.54 Å². The third kappa shape index (κ3) is 3.36. The van der Waals surface area contributed by atoms with Crippen LogP contribution in [0.25, 0.3) is 0 Å². The standard InChI is InChI=1S/C20H24N2O4/c1-13(26-17(23)12-14-8-4-5-9-14)18(24)22-16-11-7-6-10-15(16)21-19(25)20(22,2)3/h4,6-8,10-11,13-14H,5,9,12H2,1-3H3,(H,21,25)/t13-,14-/m0/s1. The predicted octanol–water partition coefficient (Wildman–Crippen LogP) is 3.04. The number of para-hydroxylation sites is 2. The predicted molar refractivity (Wildman–Crippen MR) is 98.7 cm³/mol. The van der Waals surface area contributed by atoms with Crippen LogP contribution in [-0.4, -0.2) is 29.4 Å². The van der Waals surface area contributed by atoms with Crippen molar-refractivity contribution in [3.63, 3.8) is 0 Å². The van der Waals surface area contributed by atoms with Crippen molar-refractivity contribution in [1.29, 1.82) is 0 Å². The van der Waals surface area contributed by atoms with Gasteiger partial charge in [0, 0.05) is 0 Å². The van der Waals surface area contributed by atoms with E-state index in [0.29, 0.717) is 11.4 Å². The Labute approximate surface area is 153 Å². The fraction of sp³-hybridized carbons (Fsp3) is 0.450. The van der Waals surface area contributed by atoms with Crippen LogP contribution in [0.5, 0.6) is 0 Å². The van der Waals surface area contributed by atoms with Gasteiger partial charge in [-0.2, -0.15) is 0 Å².